The van der Waals surface area contributed by atoms with Gasteiger partial charge in [-0.05, 0) is 75.9 Å². The van der Waals surface area contributed by atoms with Gasteiger partial charge in [-0.25, -0.2) is 9.37 Å². The Morgan fingerprint density at radius 3 is 2.34 bits per heavy atom. The second kappa shape index (κ2) is 15.0. The normalized spacial score (nSPS) is 15.6. The van der Waals surface area contributed by atoms with E-state index in [1.54, 1.807) is 26.0 Å². The average molecular weight is 695 g/mol. The van der Waals surface area contributed by atoms with Crippen LogP contribution in [0.3, 0.4) is 0 Å². The predicted molar refractivity (Wildman–Crippen MR) is 180 cm³/mol. The number of nitrogens with two attached hydrogens (primary N) is 1. The Morgan fingerprint density at radius 2 is 1.74 bits per heavy atom. The molecule has 1 aliphatic carbocycles. The minimum absolute atomic E-state index is 0.0532. The van der Waals surface area contributed by atoms with Crippen LogP contribution in [0.25, 0.3) is 0 Å². The second-order valence-electron chi connectivity index (χ2n) is 12.0. The van der Waals surface area contributed by atoms with Crippen molar-refractivity contribution in [3.8, 4) is 28.9 Å². The van der Waals surface area contributed by atoms with E-state index in [0.717, 1.165) is 11.9 Å². The average Bonchev–Trinajstić information content (AvgIpc) is 3.53. The molecule has 0 unspecified atom stereocenters. The number of halogens is 2. The summed E-state index contributed by atoms with van der Waals surface area (Å²) in [4.78, 5) is 38.1. The maximum atomic E-state index is 15.8. The number of hydrogen-bond acceptors (Lipinski definition) is 12. The molecule has 4 N–H and O–H groups in total. The Bertz CT molecular complexity index is 1790. The number of carbonyl (C=O) groups excluding carboxylic acids is 2. The highest BCUT2D eigenvalue weighted by Gasteiger charge is 2.51. The van der Waals surface area contributed by atoms with Crippen LogP contribution in [-0.4, -0.2) is 85.0 Å². The second-order valence-corrected chi connectivity index (χ2v) is 12.0. The van der Waals surface area contributed by atoms with Crippen LogP contribution >= 0.6 is 0 Å². The lowest BCUT2D eigenvalue weighted by Crippen LogP contribution is -2.48. The van der Waals surface area contributed by atoms with Crippen LogP contribution < -0.4 is 20.1 Å². The van der Waals surface area contributed by atoms with Gasteiger partial charge in [-0.3, -0.25) is 20.0 Å². The number of nitrogens with zero attached hydrogens (tertiary/aromatic N) is 4. The highest BCUT2D eigenvalue weighted by atomic mass is 19.1. The Kier molecular flexibility index (Phi) is 10.7. The number of phenols is 1. The number of nitrogen functional groups attached to an aromatic ring is 1. The molecule has 0 radical (unpaired) electrons. The number of likely N-dealkylation sites (N-methyl/N-ethyl adjacent to an activating group) is 1. The van der Waals surface area contributed by atoms with Crippen molar-refractivity contribution in [2.75, 3.05) is 45.3 Å². The zero-order valence-corrected chi connectivity index (χ0v) is 28.3. The number of esters is 2. The third kappa shape index (κ3) is 7.12. The Balaban J connectivity index is 1.43. The van der Waals surface area contributed by atoms with E-state index in [-0.39, 0.29) is 60.7 Å². The van der Waals surface area contributed by atoms with Crippen molar-refractivity contribution in [1.29, 1.82) is 5.41 Å². The van der Waals surface area contributed by atoms with Gasteiger partial charge in [0.2, 0.25) is 11.6 Å². The molecule has 0 spiro atoms. The standard InChI is InChI=1S/C35H40F2N6O7/c1-5-47-33(45)35(34(46)48-6-2)13-11-21(12-14-35)43(4)22-8-10-26(23(18-22)31-40-15-16-42(31)3)49-29-24(36)19-41-32(28(29)37)50-27-17-20(30(38)39)7-9-25(27)44/h7-10,17-19,21,44H,5-6,11-16H2,1-4H3,(H3,38,39). The van der Waals surface area contributed by atoms with Crippen molar-refractivity contribution >= 4 is 29.3 Å². The number of ether oxygens (including phenoxy) is 4. The number of aromatic hydroxyl groups is 1. The molecule has 1 fully saturated rings. The summed E-state index contributed by atoms with van der Waals surface area (Å²) in [6, 6.07) is 8.92. The van der Waals surface area contributed by atoms with E-state index in [1.807, 2.05) is 30.0 Å². The number of aliphatic imine (C=N–C) groups is 1. The highest BCUT2D eigenvalue weighted by Crippen LogP contribution is 2.43. The van der Waals surface area contributed by atoms with Crippen molar-refractivity contribution < 1.29 is 42.4 Å². The molecule has 5 rings (SSSR count). The molecule has 0 atom stereocenters. The molecule has 0 saturated heterocycles. The topological polar surface area (TPSA) is 173 Å². The molecule has 2 aliphatic rings. The number of benzene rings is 2. The molecule has 13 nitrogen and oxygen atoms in total. The van der Waals surface area contributed by atoms with Gasteiger partial charge < -0.3 is 39.6 Å². The van der Waals surface area contributed by atoms with Gasteiger partial charge in [0.25, 0.3) is 5.88 Å². The number of rotatable bonds is 12. The van der Waals surface area contributed by atoms with Crippen molar-refractivity contribution in [3.05, 3.63) is 65.4 Å². The lowest BCUT2D eigenvalue weighted by atomic mass is 9.72. The number of amidine groups is 2. The smallest absolute Gasteiger partial charge is 0.323 e. The lowest BCUT2D eigenvalue weighted by Gasteiger charge is -2.40. The zero-order valence-electron chi connectivity index (χ0n) is 28.3. The summed E-state index contributed by atoms with van der Waals surface area (Å²) in [5.74, 6) is -5.24. The summed E-state index contributed by atoms with van der Waals surface area (Å²) in [5, 5.41) is 17.9. The van der Waals surface area contributed by atoms with Gasteiger partial charge in [-0.2, -0.15) is 4.39 Å². The third-order valence-electron chi connectivity index (χ3n) is 8.95. The summed E-state index contributed by atoms with van der Waals surface area (Å²) >= 11 is 0. The van der Waals surface area contributed by atoms with E-state index in [1.165, 1.54) is 18.2 Å². The van der Waals surface area contributed by atoms with Crippen LogP contribution in [0.1, 0.15) is 50.7 Å². The summed E-state index contributed by atoms with van der Waals surface area (Å²) in [7, 11) is 3.74. The first-order valence-electron chi connectivity index (χ1n) is 16.2. The largest absolute Gasteiger partial charge is 0.504 e. The van der Waals surface area contributed by atoms with Crippen molar-refractivity contribution in [1.82, 2.24) is 9.88 Å². The Labute approximate surface area is 288 Å². The maximum absolute atomic E-state index is 15.8. The van der Waals surface area contributed by atoms with Crippen LogP contribution in [0.4, 0.5) is 14.5 Å². The van der Waals surface area contributed by atoms with Gasteiger partial charge in [-0.15, -0.1) is 0 Å². The van der Waals surface area contributed by atoms with Gasteiger partial charge in [0.05, 0.1) is 31.5 Å². The summed E-state index contributed by atoms with van der Waals surface area (Å²) in [6.07, 6.45) is 2.25. The van der Waals surface area contributed by atoms with Crippen LogP contribution in [0, 0.1) is 22.5 Å². The third-order valence-corrected chi connectivity index (χ3v) is 8.95. The van der Waals surface area contributed by atoms with E-state index in [0.29, 0.717) is 37.3 Å². The van der Waals surface area contributed by atoms with Gasteiger partial charge in [-0.1, -0.05) is 0 Å². The van der Waals surface area contributed by atoms with E-state index in [2.05, 4.69) is 9.98 Å². The summed E-state index contributed by atoms with van der Waals surface area (Å²) in [6.45, 7) is 4.83. The first-order valence-corrected chi connectivity index (χ1v) is 16.2. The van der Waals surface area contributed by atoms with E-state index < -0.39 is 40.6 Å². The fraction of sp³-hybridized carbons (Fsp3) is 0.400. The zero-order chi connectivity index (χ0) is 36.2. The first kappa shape index (κ1) is 35.8. The minimum atomic E-state index is -1.36. The van der Waals surface area contributed by atoms with Gasteiger partial charge >= 0.3 is 11.9 Å². The molecule has 2 aromatic carbocycles. The molecule has 1 saturated carbocycles. The molecule has 1 aliphatic heterocycles. The number of aromatic nitrogens is 1. The fourth-order valence-electron chi connectivity index (χ4n) is 6.12. The fourth-order valence-corrected chi connectivity index (χ4v) is 6.12. The Morgan fingerprint density at radius 1 is 1.06 bits per heavy atom. The maximum Gasteiger partial charge on any atom is 0.323 e. The monoisotopic (exact) mass is 694 g/mol. The minimum Gasteiger partial charge on any atom is -0.504 e. The quantitative estimate of drug-likeness (QED) is 0.0995. The van der Waals surface area contributed by atoms with Crippen molar-refractivity contribution in [2.24, 2.45) is 16.1 Å². The van der Waals surface area contributed by atoms with Crippen LogP contribution in [0.2, 0.25) is 0 Å². The van der Waals surface area contributed by atoms with Gasteiger partial charge in [0.15, 0.2) is 22.7 Å². The summed E-state index contributed by atoms with van der Waals surface area (Å²) in [5.41, 5.74) is 5.60. The Hall–Kier alpha value is -5.47. The van der Waals surface area contributed by atoms with E-state index in [4.69, 9.17) is 30.1 Å². The van der Waals surface area contributed by atoms with Crippen molar-refractivity contribution in [3.63, 3.8) is 0 Å². The SMILES string of the molecule is CCOC(=O)C1(C(=O)OCC)CCC(N(C)c2ccc(Oc3c(F)cnc(Oc4cc(C(=N)N)ccc4O)c3F)c(C3=NCCN3C)c2)CC1. The molecule has 266 valence electrons. The highest BCUT2D eigenvalue weighted by molar-refractivity contribution is 6.03. The molecule has 3 aromatic rings. The predicted octanol–water partition coefficient (Wildman–Crippen LogP) is 5.12. The first-order chi connectivity index (χ1) is 23.9. The molecular weight excluding hydrogens is 654 g/mol. The molecule has 2 heterocycles. The summed E-state index contributed by atoms with van der Waals surface area (Å²) < 4.78 is 52.8. The molecule has 0 amide bonds. The number of nitrogens with one attached hydrogen (secondary N) is 1. The molecule has 50 heavy (non-hydrogen) atoms. The molecular formula is C35H40F2N6O7. The molecule has 0 bridgehead atoms. The van der Waals surface area contributed by atoms with Crippen LogP contribution in [0.5, 0.6) is 28.9 Å². The number of phenolic OH excluding ortho intramolecular Hbond substituents is 1. The van der Waals surface area contributed by atoms with Gasteiger partial charge in [0.1, 0.15) is 17.4 Å². The lowest BCUT2D eigenvalue weighted by molar-refractivity contribution is -0.175. The molecule has 1 aromatic heterocycles. The molecule has 15 heteroatoms. The van der Waals surface area contributed by atoms with E-state index in [9.17, 15) is 14.7 Å². The van der Waals surface area contributed by atoms with Gasteiger partial charge in [0, 0.05) is 37.9 Å². The number of pyridine rings is 1. The van der Waals surface area contributed by atoms with Crippen molar-refractivity contribution in [2.45, 2.75) is 45.6 Å². The van der Waals surface area contributed by atoms with Crippen LogP contribution in [0.15, 0.2) is 47.6 Å². The number of hydrogen-bond donors (Lipinski definition) is 3. The van der Waals surface area contributed by atoms with Crippen LogP contribution in [-0.2, 0) is 19.1 Å². The number of anilines is 1. The number of carbonyl (C=O) groups is 2. The van der Waals surface area contributed by atoms with E-state index >= 15 is 8.78 Å².